The summed E-state index contributed by atoms with van der Waals surface area (Å²) < 4.78 is 18.7. The van der Waals surface area contributed by atoms with Crippen LogP contribution in [0, 0.1) is 12.7 Å². The summed E-state index contributed by atoms with van der Waals surface area (Å²) in [6.45, 7) is 3.11. The number of Topliss-reactive ketones (excluding diaryl/α,β-unsaturated/α-hetero) is 1. The molecule has 0 aliphatic carbocycles. The second kappa shape index (κ2) is 3.93. The van der Waals surface area contributed by atoms with E-state index in [-0.39, 0.29) is 11.6 Å². The van der Waals surface area contributed by atoms with Crippen LogP contribution in [0.2, 0.25) is 0 Å². The van der Waals surface area contributed by atoms with Crippen LogP contribution in [0.25, 0.3) is 11.3 Å². The van der Waals surface area contributed by atoms with E-state index < -0.39 is 0 Å². The van der Waals surface area contributed by atoms with Crippen molar-refractivity contribution in [2.24, 2.45) is 0 Å². The number of hydrogen-bond acceptors (Lipinski definition) is 2. The number of ketones is 1. The molecule has 0 amide bonds. The van der Waals surface area contributed by atoms with E-state index in [0.29, 0.717) is 22.6 Å². The molecule has 16 heavy (non-hydrogen) atoms. The highest BCUT2D eigenvalue weighted by Crippen LogP contribution is 2.26. The molecule has 82 valence electrons. The predicted molar refractivity (Wildman–Crippen MR) is 58.8 cm³/mol. The molecule has 1 aromatic carbocycles. The van der Waals surface area contributed by atoms with Crippen LogP contribution in [0.5, 0.6) is 0 Å². The van der Waals surface area contributed by atoms with Gasteiger partial charge in [-0.25, -0.2) is 4.39 Å². The van der Waals surface area contributed by atoms with Crippen molar-refractivity contribution in [1.29, 1.82) is 0 Å². The van der Waals surface area contributed by atoms with E-state index in [1.54, 1.807) is 31.2 Å². The van der Waals surface area contributed by atoms with Crippen LogP contribution in [0.4, 0.5) is 4.39 Å². The summed E-state index contributed by atoms with van der Waals surface area (Å²) in [7, 11) is 0. The smallest absolute Gasteiger partial charge is 0.194 e. The van der Waals surface area contributed by atoms with Gasteiger partial charge in [0.05, 0.1) is 0 Å². The molecule has 1 heterocycles. The number of halogens is 1. The zero-order valence-electron chi connectivity index (χ0n) is 9.08. The molecule has 0 fully saturated rings. The fourth-order valence-electron chi connectivity index (χ4n) is 1.55. The van der Waals surface area contributed by atoms with E-state index in [2.05, 4.69) is 0 Å². The molecule has 2 nitrogen and oxygen atoms in total. The summed E-state index contributed by atoms with van der Waals surface area (Å²) in [6, 6.07) is 8.06. The van der Waals surface area contributed by atoms with Gasteiger partial charge in [0.25, 0.3) is 0 Å². The fraction of sp³-hybridized carbons (Fsp3) is 0.154. The number of rotatable bonds is 2. The molecule has 0 saturated heterocycles. The Bertz CT molecular complexity index is 541. The molecule has 3 heteroatoms. The zero-order chi connectivity index (χ0) is 11.7. The first-order valence-electron chi connectivity index (χ1n) is 4.96. The summed E-state index contributed by atoms with van der Waals surface area (Å²) in [5.74, 6) is 0.388. The Balaban J connectivity index is 2.50. The lowest BCUT2D eigenvalue weighted by atomic mass is 10.1. The van der Waals surface area contributed by atoms with E-state index >= 15 is 0 Å². The van der Waals surface area contributed by atoms with Crippen molar-refractivity contribution in [3.8, 4) is 11.3 Å². The quantitative estimate of drug-likeness (QED) is 0.721. The van der Waals surface area contributed by atoms with Gasteiger partial charge in [0, 0.05) is 12.5 Å². The van der Waals surface area contributed by atoms with Crippen molar-refractivity contribution < 1.29 is 13.6 Å². The molecule has 0 saturated carbocycles. The predicted octanol–water partition coefficient (Wildman–Crippen LogP) is 3.60. The molecule has 1 aromatic heterocycles. The molecule has 0 radical (unpaired) electrons. The average Bonchev–Trinajstić information content (AvgIpc) is 2.71. The van der Waals surface area contributed by atoms with Crippen LogP contribution >= 0.6 is 0 Å². The maximum Gasteiger partial charge on any atom is 0.194 e. The van der Waals surface area contributed by atoms with Gasteiger partial charge in [-0.3, -0.25) is 4.79 Å². The van der Waals surface area contributed by atoms with E-state index in [4.69, 9.17) is 4.42 Å². The first-order chi connectivity index (χ1) is 7.59. The van der Waals surface area contributed by atoms with Crippen LogP contribution in [0.3, 0.4) is 0 Å². The van der Waals surface area contributed by atoms with Gasteiger partial charge < -0.3 is 4.42 Å². The summed E-state index contributed by atoms with van der Waals surface area (Å²) in [4.78, 5) is 11.1. The summed E-state index contributed by atoms with van der Waals surface area (Å²) in [5.41, 5.74) is 1.19. The highest BCUT2D eigenvalue weighted by atomic mass is 19.1. The third kappa shape index (κ3) is 1.76. The van der Waals surface area contributed by atoms with Gasteiger partial charge in [0.2, 0.25) is 0 Å². The number of carbonyl (C=O) groups excluding carboxylic acids is 1. The van der Waals surface area contributed by atoms with Gasteiger partial charge in [-0.05, 0) is 30.7 Å². The van der Waals surface area contributed by atoms with Crippen LogP contribution in [-0.2, 0) is 0 Å². The Kier molecular flexibility index (Phi) is 2.60. The molecule has 0 unspecified atom stereocenters. The van der Waals surface area contributed by atoms with Crippen molar-refractivity contribution in [1.82, 2.24) is 0 Å². The Morgan fingerprint density at radius 3 is 2.62 bits per heavy atom. The zero-order valence-corrected chi connectivity index (χ0v) is 9.08. The Morgan fingerprint density at radius 2 is 2.00 bits per heavy atom. The van der Waals surface area contributed by atoms with Crippen molar-refractivity contribution >= 4 is 5.78 Å². The molecule has 0 aliphatic heterocycles. The first-order valence-corrected chi connectivity index (χ1v) is 4.96. The number of carbonyl (C=O) groups is 1. The second-order valence-corrected chi connectivity index (χ2v) is 3.63. The lowest BCUT2D eigenvalue weighted by Crippen LogP contribution is -1.88. The number of benzene rings is 1. The molecule has 2 rings (SSSR count). The standard InChI is InChI=1S/C13H11FO2/c1-8-10(4-3-5-11(8)14)13-7-6-12(16-13)9(2)15/h3-7H,1-2H3. The lowest BCUT2D eigenvalue weighted by molar-refractivity contribution is 0.0988. The second-order valence-electron chi connectivity index (χ2n) is 3.63. The van der Waals surface area contributed by atoms with Crippen molar-refractivity contribution in [3.05, 3.63) is 47.5 Å². The molecular formula is C13H11FO2. The molecule has 0 N–H and O–H groups in total. The summed E-state index contributed by atoms with van der Waals surface area (Å²) in [5, 5.41) is 0. The van der Waals surface area contributed by atoms with Crippen molar-refractivity contribution in [3.63, 3.8) is 0 Å². The van der Waals surface area contributed by atoms with Crippen molar-refractivity contribution in [2.75, 3.05) is 0 Å². The SMILES string of the molecule is CC(=O)c1ccc(-c2cccc(F)c2C)o1. The fourth-order valence-corrected chi connectivity index (χ4v) is 1.55. The van der Waals surface area contributed by atoms with Gasteiger partial charge in [0.15, 0.2) is 11.5 Å². The number of furan rings is 1. The lowest BCUT2D eigenvalue weighted by Gasteiger charge is -2.02. The van der Waals surface area contributed by atoms with Crippen molar-refractivity contribution in [2.45, 2.75) is 13.8 Å². The van der Waals surface area contributed by atoms with Crippen LogP contribution in [-0.4, -0.2) is 5.78 Å². The highest BCUT2D eigenvalue weighted by Gasteiger charge is 2.11. The normalized spacial score (nSPS) is 10.4. The van der Waals surface area contributed by atoms with Gasteiger partial charge in [0.1, 0.15) is 11.6 Å². The monoisotopic (exact) mass is 218 g/mol. The third-order valence-corrected chi connectivity index (χ3v) is 2.49. The highest BCUT2D eigenvalue weighted by molar-refractivity contribution is 5.91. The Morgan fingerprint density at radius 1 is 1.25 bits per heavy atom. The largest absolute Gasteiger partial charge is 0.453 e. The molecule has 0 atom stereocenters. The average molecular weight is 218 g/mol. The van der Waals surface area contributed by atoms with E-state index in [1.807, 2.05) is 0 Å². The van der Waals surface area contributed by atoms with E-state index in [9.17, 15) is 9.18 Å². The molecule has 0 aliphatic rings. The third-order valence-electron chi connectivity index (χ3n) is 2.49. The minimum Gasteiger partial charge on any atom is -0.453 e. The number of hydrogen-bond donors (Lipinski definition) is 0. The summed E-state index contributed by atoms with van der Waals surface area (Å²) >= 11 is 0. The Labute approximate surface area is 92.7 Å². The van der Waals surface area contributed by atoms with Gasteiger partial charge in [-0.15, -0.1) is 0 Å². The van der Waals surface area contributed by atoms with Gasteiger partial charge in [-0.2, -0.15) is 0 Å². The van der Waals surface area contributed by atoms with Gasteiger partial charge in [-0.1, -0.05) is 12.1 Å². The van der Waals surface area contributed by atoms with Gasteiger partial charge >= 0.3 is 0 Å². The molecule has 2 aromatic rings. The maximum atomic E-state index is 13.3. The van der Waals surface area contributed by atoms with Crippen LogP contribution in [0.15, 0.2) is 34.7 Å². The molecular weight excluding hydrogens is 207 g/mol. The van der Waals surface area contributed by atoms with E-state index in [0.717, 1.165) is 0 Å². The first kappa shape index (κ1) is 10.6. The minimum atomic E-state index is -0.279. The maximum absolute atomic E-state index is 13.3. The molecule has 0 spiro atoms. The summed E-state index contributed by atoms with van der Waals surface area (Å²) in [6.07, 6.45) is 0. The topological polar surface area (TPSA) is 30.2 Å². The van der Waals surface area contributed by atoms with E-state index in [1.165, 1.54) is 13.0 Å². The molecule has 0 bridgehead atoms. The Hall–Kier alpha value is -1.90. The minimum absolute atomic E-state index is 0.139. The van der Waals surface area contributed by atoms with Crippen LogP contribution < -0.4 is 0 Å². The van der Waals surface area contributed by atoms with Crippen LogP contribution in [0.1, 0.15) is 23.0 Å².